The van der Waals surface area contributed by atoms with Crippen LogP contribution in [0.25, 0.3) is 0 Å². The van der Waals surface area contributed by atoms with Gasteiger partial charge in [0, 0.05) is 11.4 Å². The highest BCUT2D eigenvalue weighted by atomic mass is 32.2. The Hall–Kier alpha value is -2.82. The topological polar surface area (TPSA) is 124 Å². The number of tetrazole rings is 1. The Balaban J connectivity index is 1.63. The lowest BCUT2D eigenvalue weighted by molar-refractivity contribution is -0.139. The second kappa shape index (κ2) is 8.90. The molecule has 2 aromatic rings. The lowest BCUT2D eigenvalue weighted by Crippen LogP contribution is -2.46. The molecule has 160 valence electrons. The molecule has 0 saturated heterocycles. The van der Waals surface area contributed by atoms with Crippen LogP contribution in [0.2, 0.25) is 0 Å². The largest absolute Gasteiger partial charge is 0.464 e. The minimum atomic E-state index is -0.729. The van der Waals surface area contributed by atoms with E-state index in [1.54, 1.807) is 26.0 Å². The molecule has 0 aromatic carbocycles. The van der Waals surface area contributed by atoms with Gasteiger partial charge in [0.15, 0.2) is 0 Å². The maximum Gasteiger partial charge on any atom is 0.338 e. The van der Waals surface area contributed by atoms with Gasteiger partial charge in [-0.25, -0.2) is 14.3 Å². The van der Waals surface area contributed by atoms with E-state index in [0.29, 0.717) is 39.7 Å². The van der Waals surface area contributed by atoms with E-state index >= 15 is 0 Å². The van der Waals surface area contributed by atoms with Crippen LogP contribution in [0.4, 0.5) is 4.79 Å². The van der Waals surface area contributed by atoms with Crippen molar-refractivity contribution in [3.8, 4) is 0 Å². The molecule has 0 bridgehead atoms. The van der Waals surface area contributed by atoms with Gasteiger partial charge in [-0.1, -0.05) is 24.6 Å². The van der Waals surface area contributed by atoms with Crippen LogP contribution in [0.1, 0.15) is 56.2 Å². The molecule has 4 rings (SSSR count). The number of furan rings is 1. The summed E-state index contributed by atoms with van der Waals surface area (Å²) in [6.45, 7) is 3.77. The second-order valence-corrected chi connectivity index (χ2v) is 8.17. The molecule has 30 heavy (non-hydrogen) atoms. The van der Waals surface area contributed by atoms with E-state index in [-0.39, 0.29) is 6.61 Å². The van der Waals surface area contributed by atoms with Crippen LogP contribution in [0.15, 0.2) is 33.0 Å². The Labute approximate surface area is 177 Å². The van der Waals surface area contributed by atoms with Crippen molar-refractivity contribution in [2.75, 3.05) is 12.4 Å². The van der Waals surface area contributed by atoms with Gasteiger partial charge >= 0.3 is 12.0 Å². The summed E-state index contributed by atoms with van der Waals surface area (Å²) in [5.41, 5.74) is 0.778. The van der Waals surface area contributed by atoms with Crippen LogP contribution in [0, 0.1) is 6.92 Å². The molecule has 0 radical (unpaired) electrons. The fourth-order valence-electron chi connectivity index (χ4n) is 3.80. The molecule has 11 heteroatoms. The van der Waals surface area contributed by atoms with Gasteiger partial charge in [0.1, 0.15) is 17.6 Å². The van der Waals surface area contributed by atoms with Gasteiger partial charge in [-0.3, -0.25) is 0 Å². The maximum atomic E-state index is 12.8. The number of amides is 2. The zero-order valence-corrected chi connectivity index (χ0v) is 17.7. The molecule has 10 nitrogen and oxygen atoms in total. The van der Waals surface area contributed by atoms with E-state index in [0.717, 1.165) is 12.8 Å². The molecular weight excluding hydrogens is 408 g/mol. The van der Waals surface area contributed by atoms with E-state index in [2.05, 4.69) is 26.2 Å². The summed E-state index contributed by atoms with van der Waals surface area (Å²) < 4.78 is 12.8. The average molecular weight is 433 g/mol. The number of carbonyl (C=O) groups excluding carboxylic acids is 2. The summed E-state index contributed by atoms with van der Waals surface area (Å²) in [7, 11) is 0. The van der Waals surface area contributed by atoms with Gasteiger partial charge in [0.25, 0.3) is 0 Å². The van der Waals surface area contributed by atoms with Gasteiger partial charge in [0.2, 0.25) is 5.16 Å². The standard InChI is InChI=1S/C19H24N6O4S/c1-3-28-17(26)15-13(20-18(27)21-16(15)14-9-8-11(2)29-14)10-30-19-22-23-24-25(19)12-6-4-5-7-12/h8-9,12,16H,3-7,10H2,1-2H3,(H2,20,21,27)/t16-/m1/s1. The number of hydrogen-bond acceptors (Lipinski definition) is 8. The van der Waals surface area contributed by atoms with E-state index in [1.165, 1.54) is 24.6 Å². The Kier molecular flexibility index (Phi) is 6.07. The first-order chi connectivity index (χ1) is 14.6. The van der Waals surface area contributed by atoms with Crippen LogP contribution in [-0.4, -0.2) is 44.6 Å². The number of nitrogens with zero attached hydrogens (tertiary/aromatic N) is 4. The quantitative estimate of drug-likeness (QED) is 0.505. The summed E-state index contributed by atoms with van der Waals surface area (Å²) in [5, 5.41) is 18.3. The number of ether oxygens (including phenoxy) is 1. The van der Waals surface area contributed by atoms with Crippen molar-refractivity contribution in [2.45, 2.75) is 56.8 Å². The summed E-state index contributed by atoms with van der Waals surface area (Å²) in [4.78, 5) is 25.1. The Morgan fingerprint density at radius 2 is 2.17 bits per heavy atom. The predicted molar refractivity (Wildman–Crippen MR) is 108 cm³/mol. The Morgan fingerprint density at radius 3 is 2.87 bits per heavy atom. The van der Waals surface area contributed by atoms with Crippen LogP contribution in [-0.2, 0) is 9.53 Å². The lowest BCUT2D eigenvalue weighted by Gasteiger charge is -2.27. The van der Waals surface area contributed by atoms with Crippen molar-refractivity contribution >= 4 is 23.8 Å². The smallest absolute Gasteiger partial charge is 0.338 e. The van der Waals surface area contributed by atoms with Gasteiger partial charge < -0.3 is 19.8 Å². The SMILES string of the molecule is CCOC(=O)C1=C(CSc2nnnn2C2CCCC2)NC(=O)N[C@@H]1c1ccc(C)o1. The van der Waals surface area contributed by atoms with Gasteiger partial charge in [0.05, 0.1) is 18.2 Å². The lowest BCUT2D eigenvalue weighted by atomic mass is 10.0. The van der Waals surface area contributed by atoms with E-state index in [4.69, 9.17) is 9.15 Å². The molecule has 1 saturated carbocycles. The minimum Gasteiger partial charge on any atom is -0.464 e. The summed E-state index contributed by atoms with van der Waals surface area (Å²) in [6.07, 6.45) is 4.43. The number of urea groups is 1. The molecule has 1 atom stereocenters. The molecular formula is C19H24N6O4S. The van der Waals surface area contributed by atoms with Crippen LogP contribution < -0.4 is 10.6 Å². The second-order valence-electron chi connectivity index (χ2n) is 7.23. The highest BCUT2D eigenvalue weighted by Crippen LogP contribution is 2.34. The van der Waals surface area contributed by atoms with Crippen molar-refractivity contribution < 1.29 is 18.7 Å². The number of rotatable bonds is 7. The van der Waals surface area contributed by atoms with Gasteiger partial charge in [-0.2, -0.15) is 0 Å². The minimum absolute atomic E-state index is 0.223. The number of thioether (sulfide) groups is 1. The number of carbonyl (C=O) groups is 2. The third kappa shape index (κ3) is 4.20. The highest BCUT2D eigenvalue weighted by Gasteiger charge is 2.35. The molecule has 0 spiro atoms. The molecule has 0 unspecified atom stereocenters. The summed E-state index contributed by atoms with van der Waals surface area (Å²) in [6, 6.07) is 2.69. The van der Waals surface area contributed by atoms with Crippen molar-refractivity contribution in [3.63, 3.8) is 0 Å². The highest BCUT2D eigenvalue weighted by molar-refractivity contribution is 7.99. The Morgan fingerprint density at radius 1 is 1.37 bits per heavy atom. The first-order valence-corrected chi connectivity index (χ1v) is 11.0. The molecule has 2 N–H and O–H groups in total. The molecule has 1 aliphatic carbocycles. The normalized spacial score (nSPS) is 19.7. The Bertz CT molecular complexity index is 962. The van der Waals surface area contributed by atoms with Crippen molar-refractivity contribution in [1.82, 2.24) is 30.8 Å². The molecule has 2 aromatic heterocycles. The number of hydrogen-bond donors (Lipinski definition) is 2. The van der Waals surface area contributed by atoms with Crippen molar-refractivity contribution in [2.24, 2.45) is 0 Å². The monoisotopic (exact) mass is 432 g/mol. The molecule has 2 amide bonds. The van der Waals surface area contributed by atoms with Crippen LogP contribution in [0.5, 0.6) is 0 Å². The van der Waals surface area contributed by atoms with Crippen LogP contribution in [0.3, 0.4) is 0 Å². The summed E-state index contributed by atoms with van der Waals surface area (Å²) in [5.74, 6) is 0.969. The summed E-state index contributed by atoms with van der Waals surface area (Å²) >= 11 is 1.38. The number of aryl methyl sites for hydroxylation is 1. The number of esters is 1. The van der Waals surface area contributed by atoms with Gasteiger partial charge in [-0.05, 0) is 49.2 Å². The predicted octanol–water partition coefficient (Wildman–Crippen LogP) is 2.65. The fourth-order valence-corrected chi connectivity index (χ4v) is 4.71. The maximum absolute atomic E-state index is 12.8. The van der Waals surface area contributed by atoms with E-state index < -0.39 is 18.0 Å². The fraction of sp³-hybridized carbons (Fsp3) is 0.526. The first-order valence-electron chi connectivity index (χ1n) is 10.0. The molecule has 3 heterocycles. The number of nitrogens with one attached hydrogen (secondary N) is 2. The average Bonchev–Trinajstić information content (AvgIpc) is 3.47. The zero-order valence-electron chi connectivity index (χ0n) is 16.9. The third-order valence-corrected chi connectivity index (χ3v) is 6.13. The molecule has 1 aliphatic heterocycles. The first kappa shape index (κ1) is 20.5. The molecule has 1 fully saturated rings. The third-order valence-electron chi connectivity index (χ3n) is 5.17. The number of aromatic nitrogens is 4. The zero-order chi connectivity index (χ0) is 21.1. The molecule has 2 aliphatic rings. The van der Waals surface area contributed by atoms with Crippen LogP contribution >= 0.6 is 11.8 Å². The van der Waals surface area contributed by atoms with Crippen molar-refractivity contribution in [1.29, 1.82) is 0 Å². The van der Waals surface area contributed by atoms with E-state index in [9.17, 15) is 9.59 Å². The van der Waals surface area contributed by atoms with E-state index in [1.807, 2.05) is 4.68 Å². The van der Waals surface area contributed by atoms with Crippen molar-refractivity contribution in [3.05, 3.63) is 34.9 Å². The van der Waals surface area contributed by atoms with Gasteiger partial charge in [-0.15, -0.1) is 5.10 Å².